The quantitative estimate of drug-likeness (QED) is 0.724. The van der Waals surface area contributed by atoms with Crippen molar-refractivity contribution in [2.75, 3.05) is 7.05 Å². The molecule has 1 amide bonds. The zero-order chi connectivity index (χ0) is 14.8. The first-order valence-corrected chi connectivity index (χ1v) is 7.68. The second-order valence-corrected chi connectivity index (χ2v) is 6.54. The lowest BCUT2D eigenvalue weighted by Crippen LogP contribution is -2.26. The molecule has 0 fully saturated rings. The predicted molar refractivity (Wildman–Crippen MR) is 86.9 cm³/mol. The van der Waals surface area contributed by atoms with Gasteiger partial charge < -0.3 is 4.90 Å². The Balaban J connectivity index is 1.89. The maximum atomic E-state index is 12.6. The van der Waals surface area contributed by atoms with Crippen LogP contribution in [0.3, 0.4) is 0 Å². The maximum Gasteiger partial charge on any atom is 0.254 e. The summed E-state index contributed by atoms with van der Waals surface area (Å²) in [5.41, 5.74) is 1.50. The number of carbonyl (C=O) groups excluding carboxylic acids is 1. The molecule has 3 rings (SSSR count). The molecule has 2 aromatic heterocycles. The van der Waals surface area contributed by atoms with Crippen molar-refractivity contribution in [2.24, 2.45) is 0 Å². The number of para-hydroxylation sites is 1. The third-order valence-corrected chi connectivity index (χ3v) is 4.46. The molecular weight excluding hydrogens is 304 g/mol. The second-order valence-electron chi connectivity index (χ2n) is 4.74. The fourth-order valence-corrected chi connectivity index (χ4v) is 3.37. The summed E-state index contributed by atoms with van der Waals surface area (Å²) >= 11 is 7.42. The van der Waals surface area contributed by atoms with E-state index in [2.05, 4.69) is 4.98 Å². The van der Waals surface area contributed by atoms with Crippen molar-refractivity contribution in [3.8, 4) is 0 Å². The van der Waals surface area contributed by atoms with E-state index in [4.69, 9.17) is 11.6 Å². The Morgan fingerprint density at radius 3 is 2.81 bits per heavy atom. The molecule has 1 aromatic carbocycles. The molecule has 0 atom stereocenters. The lowest BCUT2D eigenvalue weighted by atomic mass is 10.1. The van der Waals surface area contributed by atoms with Crippen LogP contribution in [0.25, 0.3) is 10.9 Å². The van der Waals surface area contributed by atoms with Gasteiger partial charge in [0.1, 0.15) is 0 Å². The Bertz CT molecular complexity index is 794. The van der Waals surface area contributed by atoms with Crippen LogP contribution in [0.1, 0.15) is 15.2 Å². The van der Waals surface area contributed by atoms with Crippen LogP contribution >= 0.6 is 22.9 Å². The first kappa shape index (κ1) is 14.0. The van der Waals surface area contributed by atoms with Crippen LogP contribution in [-0.4, -0.2) is 22.8 Å². The van der Waals surface area contributed by atoms with Crippen molar-refractivity contribution in [2.45, 2.75) is 6.54 Å². The van der Waals surface area contributed by atoms with Gasteiger partial charge in [-0.15, -0.1) is 11.3 Å². The number of thiophene rings is 1. The zero-order valence-corrected chi connectivity index (χ0v) is 13.0. The van der Waals surface area contributed by atoms with E-state index in [9.17, 15) is 4.79 Å². The minimum atomic E-state index is -0.0156. The molecule has 21 heavy (non-hydrogen) atoms. The number of benzene rings is 1. The molecule has 3 aromatic rings. The smallest absolute Gasteiger partial charge is 0.254 e. The third-order valence-electron chi connectivity index (χ3n) is 3.25. The minimum absolute atomic E-state index is 0.0156. The second kappa shape index (κ2) is 5.84. The van der Waals surface area contributed by atoms with E-state index in [1.165, 1.54) is 11.3 Å². The molecule has 106 valence electrons. The van der Waals surface area contributed by atoms with Gasteiger partial charge in [0.15, 0.2) is 0 Å². The Hall–Kier alpha value is -1.91. The Kier molecular flexibility index (Phi) is 3.90. The molecule has 0 aliphatic rings. The van der Waals surface area contributed by atoms with Gasteiger partial charge in [-0.1, -0.05) is 29.8 Å². The van der Waals surface area contributed by atoms with Crippen molar-refractivity contribution >= 4 is 39.7 Å². The van der Waals surface area contributed by atoms with Crippen LogP contribution in [0.2, 0.25) is 4.34 Å². The van der Waals surface area contributed by atoms with E-state index >= 15 is 0 Å². The monoisotopic (exact) mass is 316 g/mol. The summed E-state index contributed by atoms with van der Waals surface area (Å²) in [6, 6.07) is 13.2. The molecule has 0 unspecified atom stereocenters. The van der Waals surface area contributed by atoms with Crippen LogP contribution in [0.4, 0.5) is 0 Å². The number of halogens is 1. The van der Waals surface area contributed by atoms with E-state index in [0.29, 0.717) is 12.1 Å². The number of aromatic nitrogens is 1. The summed E-state index contributed by atoms with van der Waals surface area (Å²) in [6.07, 6.45) is 1.67. The summed E-state index contributed by atoms with van der Waals surface area (Å²) in [5, 5.41) is 0.876. The number of nitrogens with zero attached hydrogens (tertiary/aromatic N) is 2. The van der Waals surface area contributed by atoms with Crippen LogP contribution in [0.15, 0.2) is 48.7 Å². The van der Waals surface area contributed by atoms with Crippen molar-refractivity contribution in [1.29, 1.82) is 0 Å². The van der Waals surface area contributed by atoms with Gasteiger partial charge in [0.2, 0.25) is 0 Å². The zero-order valence-electron chi connectivity index (χ0n) is 11.4. The fraction of sp³-hybridized carbons (Fsp3) is 0.125. The highest BCUT2D eigenvalue weighted by Gasteiger charge is 2.15. The Morgan fingerprint density at radius 1 is 1.24 bits per heavy atom. The highest BCUT2D eigenvalue weighted by atomic mass is 35.5. The standard InChI is InChI=1S/C16H13ClN2OS/c1-19(10-11-6-7-15(17)21-11)16(20)13-8-9-18-14-5-3-2-4-12(13)14/h2-9H,10H2,1H3. The van der Waals surface area contributed by atoms with Gasteiger partial charge in [-0.3, -0.25) is 9.78 Å². The number of fused-ring (bicyclic) bond motifs is 1. The number of hydrogen-bond donors (Lipinski definition) is 0. The number of pyridine rings is 1. The van der Waals surface area contributed by atoms with Crippen LogP contribution in [0, 0.1) is 0 Å². The molecule has 0 saturated heterocycles. The van der Waals surface area contributed by atoms with E-state index in [-0.39, 0.29) is 5.91 Å². The summed E-state index contributed by atoms with van der Waals surface area (Å²) < 4.78 is 0.736. The van der Waals surface area contributed by atoms with Crippen LogP contribution < -0.4 is 0 Å². The lowest BCUT2D eigenvalue weighted by Gasteiger charge is -2.17. The molecule has 3 nitrogen and oxygen atoms in total. The van der Waals surface area contributed by atoms with Crippen molar-refractivity contribution in [3.63, 3.8) is 0 Å². The highest BCUT2D eigenvalue weighted by Crippen LogP contribution is 2.24. The molecule has 0 bridgehead atoms. The molecular formula is C16H13ClN2OS. The van der Waals surface area contributed by atoms with Crippen LogP contribution in [0.5, 0.6) is 0 Å². The molecule has 2 heterocycles. The number of amides is 1. The molecule has 0 saturated carbocycles. The van der Waals surface area contributed by atoms with Crippen molar-refractivity contribution < 1.29 is 4.79 Å². The topological polar surface area (TPSA) is 33.2 Å². The number of hydrogen-bond acceptors (Lipinski definition) is 3. The lowest BCUT2D eigenvalue weighted by molar-refractivity contribution is 0.0788. The molecule has 0 spiro atoms. The van der Waals surface area contributed by atoms with Gasteiger partial charge in [-0.25, -0.2) is 0 Å². The summed E-state index contributed by atoms with van der Waals surface area (Å²) in [6.45, 7) is 0.548. The average molecular weight is 317 g/mol. The largest absolute Gasteiger partial charge is 0.337 e. The highest BCUT2D eigenvalue weighted by molar-refractivity contribution is 7.16. The van der Waals surface area contributed by atoms with E-state index in [0.717, 1.165) is 20.1 Å². The van der Waals surface area contributed by atoms with Gasteiger partial charge in [0, 0.05) is 23.5 Å². The van der Waals surface area contributed by atoms with Gasteiger partial charge in [-0.05, 0) is 24.3 Å². The number of rotatable bonds is 3. The van der Waals surface area contributed by atoms with Gasteiger partial charge in [0.25, 0.3) is 5.91 Å². The maximum absolute atomic E-state index is 12.6. The summed E-state index contributed by atoms with van der Waals surface area (Å²) in [5.74, 6) is -0.0156. The minimum Gasteiger partial charge on any atom is -0.337 e. The summed E-state index contributed by atoms with van der Waals surface area (Å²) in [4.78, 5) is 19.7. The van der Waals surface area contributed by atoms with Crippen molar-refractivity contribution in [1.82, 2.24) is 9.88 Å². The first-order valence-electron chi connectivity index (χ1n) is 6.48. The first-order chi connectivity index (χ1) is 10.1. The Morgan fingerprint density at radius 2 is 2.05 bits per heavy atom. The third kappa shape index (κ3) is 2.91. The molecule has 0 N–H and O–H groups in total. The molecule has 0 aliphatic carbocycles. The predicted octanol–water partition coefficient (Wildman–Crippen LogP) is 4.22. The SMILES string of the molecule is CN(Cc1ccc(Cl)s1)C(=O)c1ccnc2ccccc12. The average Bonchev–Trinajstić information content (AvgIpc) is 2.91. The van der Waals surface area contributed by atoms with Gasteiger partial charge >= 0.3 is 0 Å². The normalized spacial score (nSPS) is 10.8. The van der Waals surface area contributed by atoms with Crippen LogP contribution in [-0.2, 0) is 6.54 Å². The molecule has 0 aliphatic heterocycles. The van der Waals surface area contributed by atoms with Gasteiger partial charge in [-0.2, -0.15) is 0 Å². The van der Waals surface area contributed by atoms with Gasteiger partial charge in [0.05, 0.1) is 22.0 Å². The van der Waals surface area contributed by atoms with E-state index < -0.39 is 0 Å². The van der Waals surface area contributed by atoms with Crippen molar-refractivity contribution in [3.05, 3.63) is 63.4 Å². The summed E-state index contributed by atoms with van der Waals surface area (Å²) in [7, 11) is 1.80. The fourth-order valence-electron chi connectivity index (χ4n) is 2.23. The van der Waals surface area contributed by atoms with E-state index in [1.807, 2.05) is 36.4 Å². The van der Waals surface area contributed by atoms with E-state index in [1.54, 1.807) is 24.2 Å². The Labute approximate surface area is 131 Å². The molecule has 0 radical (unpaired) electrons. The molecule has 5 heteroatoms. The number of carbonyl (C=O) groups is 1.